The zero-order chi connectivity index (χ0) is 12.3. The van der Waals surface area contributed by atoms with Gasteiger partial charge in [-0.15, -0.1) is 0 Å². The molecule has 0 fully saturated rings. The quantitative estimate of drug-likeness (QED) is 0.844. The van der Waals surface area contributed by atoms with Gasteiger partial charge in [-0.25, -0.2) is 0 Å². The van der Waals surface area contributed by atoms with Gasteiger partial charge in [0.2, 0.25) is 0 Å². The van der Waals surface area contributed by atoms with Crippen LogP contribution < -0.4 is 5.73 Å². The predicted molar refractivity (Wildman–Crippen MR) is 65.9 cm³/mol. The molecule has 86 valence electrons. The molecule has 0 unspecified atom stereocenters. The summed E-state index contributed by atoms with van der Waals surface area (Å²) in [6.07, 6.45) is 4.78. The van der Waals surface area contributed by atoms with Crippen LogP contribution in [0.25, 0.3) is 0 Å². The lowest BCUT2D eigenvalue weighted by Gasteiger charge is -2.02. The van der Waals surface area contributed by atoms with Crippen LogP contribution in [0, 0.1) is 0 Å². The molecule has 4 nitrogen and oxygen atoms in total. The maximum absolute atomic E-state index is 11.9. The summed E-state index contributed by atoms with van der Waals surface area (Å²) in [5.74, 6) is -0.0990. The first-order valence-electron chi connectivity index (χ1n) is 5.00. The second kappa shape index (κ2) is 4.93. The zero-order valence-electron chi connectivity index (χ0n) is 8.93. The summed E-state index contributed by atoms with van der Waals surface area (Å²) >= 11 is 5.93. The van der Waals surface area contributed by atoms with Gasteiger partial charge in [0.1, 0.15) is 5.69 Å². The number of Topliss-reactive ketones (excluding diaryl/α,β-unsaturated/α-hetero) is 1. The highest BCUT2D eigenvalue weighted by Crippen LogP contribution is 2.15. The fraction of sp³-hybridized carbons (Fsp3) is 0.0833. The monoisotopic (exact) mass is 247 g/mol. The van der Waals surface area contributed by atoms with Crippen molar-refractivity contribution < 1.29 is 4.79 Å². The molecule has 0 amide bonds. The molecular formula is C12H10ClN3O. The highest BCUT2D eigenvalue weighted by Gasteiger charge is 2.10. The molecule has 2 heterocycles. The molecular weight excluding hydrogens is 238 g/mol. The molecule has 0 aliphatic heterocycles. The number of halogens is 1. The lowest BCUT2D eigenvalue weighted by Crippen LogP contribution is -2.06. The Morgan fingerprint density at radius 1 is 1.29 bits per heavy atom. The van der Waals surface area contributed by atoms with Crippen molar-refractivity contribution in [1.82, 2.24) is 9.97 Å². The third kappa shape index (κ3) is 2.79. The molecule has 0 aliphatic rings. The number of nitrogens with zero attached hydrogens (tertiary/aromatic N) is 2. The molecule has 2 rings (SSSR count). The van der Waals surface area contributed by atoms with Crippen molar-refractivity contribution in [2.75, 3.05) is 5.73 Å². The maximum atomic E-state index is 11.9. The number of pyridine rings is 2. The first kappa shape index (κ1) is 11.5. The van der Waals surface area contributed by atoms with Gasteiger partial charge in [0.05, 0.1) is 16.9 Å². The number of nitrogens with two attached hydrogens (primary N) is 1. The number of hydrogen-bond donors (Lipinski definition) is 1. The standard InChI is InChI=1S/C12H10ClN3O/c13-10-7-15-4-3-8(10)5-12(17)11-2-1-9(14)6-16-11/h1-4,6-7H,5,14H2. The van der Waals surface area contributed by atoms with Crippen molar-refractivity contribution in [3.8, 4) is 0 Å². The third-order valence-corrected chi connectivity index (χ3v) is 2.62. The SMILES string of the molecule is Nc1ccc(C(=O)Cc2ccncc2Cl)nc1. The molecule has 0 aromatic carbocycles. The highest BCUT2D eigenvalue weighted by molar-refractivity contribution is 6.31. The Morgan fingerprint density at radius 3 is 2.76 bits per heavy atom. The van der Waals surface area contributed by atoms with Gasteiger partial charge in [-0.05, 0) is 23.8 Å². The summed E-state index contributed by atoms with van der Waals surface area (Å²) in [6, 6.07) is 4.97. The second-order valence-corrected chi connectivity index (χ2v) is 3.95. The van der Waals surface area contributed by atoms with Crippen molar-refractivity contribution in [2.24, 2.45) is 0 Å². The third-order valence-electron chi connectivity index (χ3n) is 2.28. The van der Waals surface area contributed by atoms with Gasteiger partial charge in [-0.1, -0.05) is 11.6 Å². The number of hydrogen-bond acceptors (Lipinski definition) is 4. The van der Waals surface area contributed by atoms with Gasteiger partial charge in [-0.2, -0.15) is 0 Å². The van der Waals surface area contributed by atoms with E-state index in [1.807, 2.05) is 0 Å². The van der Waals surface area contributed by atoms with E-state index in [0.29, 0.717) is 16.4 Å². The average Bonchev–Trinajstić information content (AvgIpc) is 2.33. The van der Waals surface area contributed by atoms with E-state index in [1.54, 1.807) is 24.4 Å². The minimum absolute atomic E-state index is 0.0990. The molecule has 17 heavy (non-hydrogen) atoms. The molecule has 0 saturated carbocycles. The van der Waals surface area contributed by atoms with Crippen molar-refractivity contribution in [1.29, 1.82) is 0 Å². The predicted octanol–water partition coefficient (Wildman–Crippen LogP) is 2.14. The van der Waals surface area contributed by atoms with Gasteiger partial charge in [-0.3, -0.25) is 14.8 Å². The minimum Gasteiger partial charge on any atom is -0.397 e. The van der Waals surface area contributed by atoms with Crippen molar-refractivity contribution in [3.63, 3.8) is 0 Å². The summed E-state index contributed by atoms with van der Waals surface area (Å²) < 4.78 is 0. The van der Waals surface area contributed by atoms with Gasteiger partial charge < -0.3 is 5.73 Å². The van der Waals surface area contributed by atoms with Crippen LogP contribution in [0.2, 0.25) is 5.02 Å². The Labute approximate surface area is 103 Å². The fourth-order valence-electron chi connectivity index (χ4n) is 1.38. The Bertz CT molecular complexity index is 540. The molecule has 0 aliphatic carbocycles. The summed E-state index contributed by atoms with van der Waals surface area (Å²) in [5, 5.41) is 0.483. The first-order chi connectivity index (χ1) is 8.16. The number of carbonyl (C=O) groups excluding carboxylic acids is 1. The van der Waals surface area contributed by atoms with E-state index in [-0.39, 0.29) is 12.2 Å². The number of anilines is 1. The van der Waals surface area contributed by atoms with E-state index in [2.05, 4.69) is 9.97 Å². The Kier molecular flexibility index (Phi) is 3.35. The smallest absolute Gasteiger partial charge is 0.185 e. The summed E-state index contributed by atoms with van der Waals surface area (Å²) in [6.45, 7) is 0. The molecule has 2 aromatic heterocycles. The number of carbonyl (C=O) groups is 1. The van der Waals surface area contributed by atoms with E-state index >= 15 is 0 Å². The van der Waals surface area contributed by atoms with Gasteiger partial charge in [0.15, 0.2) is 5.78 Å². The topological polar surface area (TPSA) is 68.9 Å². The van der Waals surface area contributed by atoms with Crippen LogP contribution in [0.1, 0.15) is 16.1 Å². The molecule has 5 heteroatoms. The number of rotatable bonds is 3. The minimum atomic E-state index is -0.0990. The normalized spacial score (nSPS) is 10.2. The van der Waals surface area contributed by atoms with Crippen LogP contribution in [0.4, 0.5) is 5.69 Å². The largest absolute Gasteiger partial charge is 0.397 e. The number of ketones is 1. The van der Waals surface area contributed by atoms with E-state index in [0.717, 1.165) is 5.56 Å². The van der Waals surface area contributed by atoms with Crippen molar-refractivity contribution in [2.45, 2.75) is 6.42 Å². The van der Waals surface area contributed by atoms with E-state index in [4.69, 9.17) is 17.3 Å². The second-order valence-electron chi connectivity index (χ2n) is 3.54. The molecule has 0 saturated heterocycles. The van der Waals surface area contributed by atoms with E-state index in [9.17, 15) is 4.79 Å². The van der Waals surface area contributed by atoms with Crippen LogP contribution in [0.15, 0.2) is 36.8 Å². The molecule has 0 spiro atoms. The molecule has 0 radical (unpaired) electrons. The maximum Gasteiger partial charge on any atom is 0.185 e. The van der Waals surface area contributed by atoms with Crippen LogP contribution in [0.3, 0.4) is 0 Å². The zero-order valence-corrected chi connectivity index (χ0v) is 9.69. The molecule has 0 atom stereocenters. The fourth-order valence-corrected chi connectivity index (χ4v) is 1.57. The Morgan fingerprint density at radius 2 is 2.12 bits per heavy atom. The van der Waals surface area contributed by atoms with Crippen LogP contribution in [-0.4, -0.2) is 15.8 Å². The average molecular weight is 248 g/mol. The highest BCUT2D eigenvalue weighted by atomic mass is 35.5. The van der Waals surface area contributed by atoms with Crippen LogP contribution in [0.5, 0.6) is 0 Å². The van der Waals surface area contributed by atoms with Crippen LogP contribution >= 0.6 is 11.6 Å². The summed E-state index contributed by atoms with van der Waals surface area (Å²) in [5.41, 5.74) is 7.15. The Balaban J connectivity index is 2.17. The number of nitrogen functional groups attached to an aromatic ring is 1. The number of aromatic nitrogens is 2. The van der Waals surface area contributed by atoms with Crippen molar-refractivity contribution in [3.05, 3.63) is 53.1 Å². The Hall–Kier alpha value is -1.94. The van der Waals surface area contributed by atoms with Gasteiger partial charge in [0, 0.05) is 18.8 Å². The van der Waals surface area contributed by atoms with Crippen molar-refractivity contribution >= 4 is 23.1 Å². The lowest BCUT2D eigenvalue weighted by molar-refractivity contribution is 0.0988. The summed E-state index contributed by atoms with van der Waals surface area (Å²) in [4.78, 5) is 19.7. The summed E-state index contributed by atoms with van der Waals surface area (Å²) in [7, 11) is 0. The van der Waals surface area contributed by atoms with Crippen LogP contribution in [-0.2, 0) is 6.42 Å². The first-order valence-corrected chi connectivity index (χ1v) is 5.38. The molecule has 2 aromatic rings. The molecule has 0 bridgehead atoms. The lowest BCUT2D eigenvalue weighted by atomic mass is 10.1. The van der Waals surface area contributed by atoms with Gasteiger partial charge >= 0.3 is 0 Å². The van der Waals surface area contributed by atoms with Gasteiger partial charge in [0.25, 0.3) is 0 Å². The van der Waals surface area contributed by atoms with E-state index in [1.165, 1.54) is 12.4 Å². The molecule has 2 N–H and O–H groups in total. The van der Waals surface area contributed by atoms with E-state index < -0.39 is 0 Å².